The molecule has 2 aromatic heterocycles. The van der Waals surface area contributed by atoms with E-state index in [0.29, 0.717) is 27.9 Å². The molecule has 6 heterocycles. The second-order valence-electron chi connectivity index (χ2n) is 14.7. The van der Waals surface area contributed by atoms with Gasteiger partial charge in [0, 0.05) is 55.4 Å². The lowest BCUT2D eigenvalue weighted by Gasteiger charge is -2.25. The molecular formula is C44H36F2N6O8. The number of hydrogen-bond acceptors (Lipinski definition) is 10. The summed E-state index contributed by atoms with van der Waals surface area (Å²) >= 11 is 0. The Hall–Kier alpha value is -7.46. The Balaban J connectivity index is 0.000000181. The number of halogens is 2. The molecule has 0 spiro atoms. The van der Waals surface area contributed by atoms with Crippen LogP contribution in [-0.2, 0) is 32.3 Å². The van der Waals surface area contributed by atoms with Gasteiger partial charge in [0.2, 0.25) is 23.6 Å². The molecule has 6 amide bonds. The number of fused-ring (bicyclic) bond motifs is 2. The molecule has 0 unspecified atom stereocenters. The largest absolute Gasteiger partial charge is 0.494 e. The second kappa shape index (κ2) is 16.1. The van der Waals surface area contributed by atoms with E-state index in [9.17, 15) is 37.5 Å². The van der Waals surface area contributed by atoms with Gasteiger partial charge in [-0.3, -0.25) is 49.4 Å². The van der Waals surface area contributed by atoms with Gasteiger partial charge in [0.25, 0.3) is 11.8 Å². The van der Waals surface area contributed by atoms with E-state index in [2.05, 4.69) is 44.3 Å². The molecule has 2 saturated heterocycles. The normalized spacial score (nSPS) is 20.0. The third kappa shape index (κ3) is 7.63. The second-order valence-corrected chi connectivity index (χ2v) is 14.7. The quantitative estimate of drug-likeness (QED) is 0.217. The van der Waals surface area contributed by atoms with Crippen LogP contribution in [0.5, 0.6) is 11.5 Å². The van der Waals surface area contributed by atoms with E-state index < -0.39 is 57.9 Å². The molecule has 8 rings (SSSR count). The zero-order chi connectivity index (χ0) is 42.9. The summed E-state index contributed by atoms with van der Waals surface area (Å²) in [7, 11) is 2.64. The molecule has 0 saturated carbocycles. The standard InChI is InChI=1S/2C22H18FN3O4/c1-13-3-4-14(10-24-13)7-8-22(9-17(27)25-21(22)29)12-26-11-15-5-6-16(30-2)19(23)18(15)20(26)28;1-13-14(4-3-9-24-13)7-8-22(10-17(27)25-21(22)29)12-26-11-15-5-6-16(30-2)19(23)18(15)20(26)28/h3-6,10H,9,11-12H2,1-2H3,(H,25,27,29);3-6,9H,10-12H2,1-2H3,(H,25,27,29)/t2*22-/m11/s1. The topological polar surface area (TPSA) is 177 Å². The highest BCUT2D eigenvalue weighted by Gasteiger charge is 2.50. The first-order chi connectivity index (χ1) is 28.7. The number of pyridine rings is 2. The van der Waals surface area contributed by atoms with Gasteiger partial charge < -0.3 is 19.3 Å². The first-order valence-corrected chi connectivity index (χ1v) is 18.6. The number of aryl methyl sites for hydroxylation is 2. The van der Waals surface area contributed by atoms with E-state index in [4.69, 9.17) is 9.47 Å². The van der Waals surface area contributed by atoms with E-state index in [-0.39, 0.29) is 61.6 Å². The van der Waals surface area contributed by atoms with Crippen LogP contribution in [0.4, 0.5) is 8.78 Å². The molecule has 16 heteroatoms. The molecule has 0 bridgehead atoms. The van der Waals surface area contributed by atoms with Crippen LogP contribution in [0.2, 0.25) is 0 Å². The van der Waals surface area contributed by atoms with Crippen LogP contribution in [0.1, 0.15) is 67.2 Å². The van der Waals surface area contributed by atoms with Gasteiger partial charge in [0.15, 0.2) is 23.1 Å². The Bertz CT molecular complexity index is 2650. The number of nitrogens with one attached hydrogen (secondary N) is 2. The molecule has 60 heavy (non-hydrogen) atoms. The van der Waals surface area contributed by atoms with Gasteiger partial charge in [0.1, 0.15) is 10.8 Å². The number of rotatable bonds is 6. The van der Waals surface area contributed by atoms with E-state index in [1.165, 1.54) is 36.2 Å². The minimum Gasteiger partial charge on any atom is -0.494 e. The van der Waals surface area contributed by atoms with Crippen LogP contribution in [0.25, 0.3) is 0 Å². The Labute approximate surface area is 342 Å². The van der Waals surface area contributed by atoms with Gasteiger partial charge in [-0.1, -0.05) is 35.8 Å². The van der Waals surface area contributed by atoms with Gasteiger partial charge in [-0.25, -0.2) is 8.78 Å². The number of ether oxygens (including phenoxy) is 2. The first-order valence-electron chi connectivity index (χ1n) is 18.6. The van der Waals surface area contributed by atoms with Crippen LogP contribution in [0.15, 0.2) is 60.9 Å². The predicted octanol–water partition coefficient (Wildman–Crippen LogP) is 3.16. The van der Waals surface area contributed by atoms with E-state index in [1.807, 2.05) is 6.92 Å². The molecular weight excluding hydrogens is 779 g/mol. The van der Waals surface area contributed by atoms with E-state index >= 15 is 0 Å². The molecule has 0 aliphatic carbocycles. The van der Waals surface area contributed by atoms with Crippen molar-refractivity contribution in [3.05, 3.63) is 117 Å². The maximum Gasteiger partial charge on any atom is 0.257 e. The van der Waals surface area contributed by atoms with Crippen molar-refractivity contribution in [3.63, 3.8) is 0 Å². The van der Waals surface area contributed by atoms with Crippen molar-refractivity contribution in [2.75, 3.05) is 27.3 Å². The van der Waals surface area contributed by atoms with Crippen molar-refractivity contribution in [2.45, 2.75) is 39.8 Å². The number of aromatic nitrogens is 2. The highest BCUT2D eigenvalue weighted by atomic mass is 19.1. The number of methoxy groups -OCH3 is 2. The number of hydrogen-bond donors (Lipinski definition) is 2. The zero-order valence-corrected chi connectivity index (χ0v) is 32.8. The molecule has 2 N–H and O–H groups in total. The van der Waals surface area contributed by atoms with Gasteiger partial charge in [-0.2, -0.15) is 0 Å². The summed E-state index contributed by atoms with van der Waals surface area (Å²) in [6.45, 7) is 3.59. The van der Waals surface area contributed by atoms with Crippen molar-refractivity contribution < 1.29 is 47.0 Å². The van der Waals surface area contributed by atoms with E-state index in [0.717, 1.165) is 5.69 Å². The van der Waals surface area contributed by atoms with Gasteiger partial charge in [0.05, 0.1) is 43.9 Å². The molecule has 2 fully saturated rings. The summed E-state index contributed by atoms with van der Waals surface area (Å²) in [4.78, 5) is 86.0. The van der Waals surface area contributed by atoms with Crippen molar-refractivity contribution in [1.29, 1.82) is 0 Å². The van der Waals surface area contributed by atoms with Crippen molar-refractivity contribution in [2.24, 2.45) is 10.8 Å². The fourth-order valence-corrected chi connectivity index (χ4v) is 7.38. The third-order valence-electron chi connectivity index (χ3n) is 10.6. The predicted molar refractivity (Wildman–Crippen MR) is 207 cm³/mol. The van der Waals surface area contributed by atoms with Crippen molar-refractivity contribution in [1.82, 2.24) is 30.4 Å². The Morgan fingerprint density at radius 2 is 1.22 bits per heavy atom. The number of benzene rings is 2. The lowest BCUT2D eigenvalue weighted by molar-refractivity contribution is -0.128. The number of imide groups is 2. The number of nitrogens with zero attached hydrogens (tertiary/aromatic N) is 4. The fraction of sp³-hybridized carbons (Fsp3) is 0.273. The lowest BCUT2D eigenvalue weighted by atomic mass is 9.85. The minimum absolute atomic E-state index is 0.0284. The molecule has 4 aliphatic rings. The molecule has 2 aromatic carbocycles. The number of amides is 6. The zero-order valence-electron chi connectivity index (χ0n) is 32.8. The Morgan fingerprint density at radius 1 is 0.700 bits per heavy atom. The van der Waals surface area contributed by atoms with Crippen LogP contribution in [-0.4, -0.2) is 82.5 Å². The van der Waals surface area contributed by atoms with Gasteiger partial charge >= 0.3 is 0 Å². The molecule has 14 nitrogen and oxygen atoms in total. The maximum absolute atomic E-state index is 14.6. The van der Waals surface area contributed by atoms with Crippen LogP contribution >= 0.6 is 0 Å². The Kier molecular flexibility index (Phi) is 10.9. The first kappa shape index (κ1) is 40.7. The Morgan fingerprint density at radius 3 is 1.65 bits per heavy atom. The maximum atomic E-state index is 14.6. The smallest absolute Gasteiger partial charge is 0.257 e. The number of carbonyl (C=O) groups is 6. The van der Waals surface area contributed by atoms with Gasteiger partial charge in [-0.15, -0.1) is 0 Å². The lowest BCUT2D eigenvalue weighted by Crippen LogP contribution is -2.42. The van der Waals surface area contributed by atoms with Crippen LogP contribution in [0.3, 0.4) is 0 Å². The minimum atomic E-state index is -1.42. The highest BCUT2D eigenvalue weighted by molar-refractivity contribution is 6.09. The summed E-state index contributed by atoms with van der Waals surface area (Å²) < 4.78 is 39.1. The summed E-state index contributed by atoms with van der Waals surface area (Å²) in [6.07, 6.45) is 2.85. The fourth-order valence-electron chi connectivity index (χ4n) is 7.38. The summed E-state index contributed by atoms with van der Waals surface area (Å²) in [5.41, 5.74) is 0.705. The summed E-state index contributed by atoms with van der Waals surface area (Å²) in [6, 6.07) is 13.2. The average molecular weight is 815 g/mol. The SMILES string of the molecule is COc1ccc2c(c1F)C(=O)N(C[C@@]1(C#Cc3ccc(C)nc3)CC(=O)NC1=O)C2.COc1ccc2c(c1F)C(=O)N(C[C@@]1(C#Cc3cccnc3C)CC(=O)NC1=O)C2. The van der Waals surface area contributed by atoms with Crippen LogP contribution < -0.4 is 20.1 Å². The molecule has 0 radical (unpaired) electrons. The highest BCUT2D eigenvalue weighted by Crippen LogP contribution is 2.37. The van der Waals surface area contributed by atoms with E-state index in [1.54, 1.807) is 55.7 Å². The third-order valence-corrected chi connectivity index (χ3v) is 10.6. The summed E-state index contributed by atoms with van der Waals surface area (Å²) in [5, 5.41) is 4.53. The molecule has 304 valence electrons. The molecule has 2 atom stereocenters. The summed E-state index contributed by atoms with van der Waals surface area (Å²) in [5.74, 6) is 6.90. The monoisotopic (exact) mass is 814 g/mol. The van der Waals surface area contributed by atoms with Crippen LogP contribution in [0, 0.1) is 60.0 Å². The van der Waals surface area contributed by atoms with Gasteiger partial charge in [-0.05, 0) is 61.4 Å². The molecule has 4 aromatic rings. The van der Waals surface area contributed by atoms with Crippen molar-refractivity contribution in [3.8, 4) is 35.2 Å². The number of carbonyl (C=O) groups excluding carboxylic acids is 6. The van der Waals surface area contributed by atoms with Crippen molar-refractivity contribution >= 4 is 35.4 Å². The molecule has 4 aliphatic heterocycles. The average Bonchev–Trinajstić information content (AvgIpc) is 3.90.